The zero-order chi connectivity index (χ0) is 7.68. The molecular weight excluding hydrogens is 138 g/mol. The van der Waals surface area contributed by atoms with Gasteiger partial charge in [-0.05, 0) is 11.1 Å². The predicted molar refractivity (Wildman–Crippen MR) is 42.7 cm³/mol. The first-order valence-electron chi connectivity index (χ1n) is 3.51. The van der Waals surface area contributed by atoms with Crippen LogP contribution in [0.5, 0.6) is 0 Å². The number of benzene rings is 1. The third kappa shape index (κ3) is 1.07. The Hall–Kier alpha value is -1.44. The van der Waals surface area contributed by atoms with Crippen molar-refractivity contribution in [2.75, 3.05) is 0 Å². The number of aliphatic imine (C=N–C) groups is 1. The maximum atomic E-state index is 10.8. The second-order valence-electron chi connectivity index (χ2n) is 2.53. The van der Waals surface area contributed by atoms with Crippen molar-refractivity contribution in [3.63, 3.8) is 0 Å². The number of hydrogen-bond acceptors (Lipinski definition) is 1. The molecule has 11 heavy (non-hydrogen) atoms. The van der Waals surface area contributed by atoms with Crippen LogP contribution in [0.25, 0.3) is 0 Å². The van der Waals surface area contributed by atoms with Gasteiger partial charge in [-0.2, -0.15) is 0 Å². The fourth-order valence-electron chi connectivity index (χ4n) is 1.17. The molecule has 1 aliphatic rings. The maximum Gasteiger partial charge on any atom is 0.250 e. The van der Waals surface area contributed by atoms with Gasteiger partial charge in [-0.25, -0.2) is 4.99 Å². The van der Waals surface area contributed by atoms with Crippen molar-refractivity contribution in [1.82, 2.24) is 0 Å². The summed E-state index contributed by atoms with van der Waals surface area (Å²) in [5, 5.41) is 0. The Morgan fingerprint density at radius 3 is 3.00 bits per heavy atom. The molecule has 2 heteroatoms. The van der Waals surface area contributed by atoms with E-state index in [4.69, 9.17) is 0 Å². The van der Waals surface area contributed by atoms with E-state index in [1.807, 2.05) is 24.3 Å². The summed E-state index contributed by atoms with van der Waals surface area (Å²) in [6.07, 6.45) is 2.08. The molecule has 0 radical (unpaired) electrons. The molecule has 54 valence electrons. The van der Waals surface area contributed by atoms with E-state index in [1.54, 1.807) is 6.21 Å². The molecule has 0 atom stereocenters. The van der Waals surface area contributed by atoms with E-state index in [2.05, 4.69) is 4.99 Å². The number of hydrogen-bond donors (Lipinski definition) is 0. The first-order valence-corrected chi connectivity index (χ1v) is 3.51. The molecule has 1 aliphatic heterocycles. The highest BCUT2D eigenvalue weighted by Crippen LogP contribution is 2.11. The third-order valence-electron chi connectivity index (χ3n) is 1.74. The average Bonchev–Trinajstić information content (AvgIpc) is 2.04. The largest absolute Gasteiger partial charge is 0.272 e. The Morgan fingerprint density at radius 2 is 2.09 bits per heavy atom. The topological polar surface area (TPSA) is 29.4 Å². The third-order valence-corrected chi connectivity index (χ3v) is 1.74. The van der Waals surface area contributed by atoms with Gasteiger partial charge in [0.15, 0.2) is 0 Å². The van der Waals surface area contributed by atoms with Gasteiger partial charge >= 0.3 is 0 Å². The monoisotopic (exact) mass is 145 g/mol. The Balaban J connectivity index is 2.54. The molecule has 1 heterocycles. The molecule has 0 spiro atoms. The number of amides is 1. The van der Waals surface area contributed by atoms with Crippen molar-refractivity contribution in [1.29, 1.82) is 0 Å². The summed E-state index contributed by atoms with van der Waals surface area (Å²) in [7, 11) is 0. The van der Waals surface area contributed by atoms with Gasteiger partial charge in [-0.1, -0.05) is 24.3 Å². The lowest BCUT2D eigenvalue weighted by Gasteiger charge is -2.06. The van der Waals surface area contributed by atoms with Gasteiger partial charge in [-0.15, -0.1) is 0 Å². The normalized spacial score (nSPS) is 14.7. The molecule has 0 saturated carbocycles. The number of carbonyl (C=O) groups excluding carboxylic acids is 1. The zero-order valence-corrected chi connectivity index (χ0v) is 5.95. The summed E-state index contributed by atoms with van der Waals surface area (Å²) in [5.41, 5.74) is 2.14. The van der Waals surface area contributed by atoms with Gasteiger partial charge in [0.25, 0.3) is 0 Å². The standard InChI is InChI=1S/C9H7NO/c11-9-5-7-3-1-2-4-8(7)6-10-9/h1-4,6H,5H2. The van der Waals surface area contributed by atoms with E-state index in [1.165, 1.54) is 0 Å². The van der Waals surface area contributed by atoms with Gasteiger partial charge in [0, 0.05) is 6.21 Å². The minimum absolute atomic E-state index is 0.0521. The van der Waals surface area contributed by atoms with Gasteiger partial charge in [0.1, 0.15) is 0 Å². The summed E-state index contributed by atoms with van der Waals surface area (Å²) in [6.45, 7) is 0. The number of nitrogens with zero attached hydrogens (tertiary/aromatic N) is 1. The van der Waals surface area contributed by atoms with Gasteiger partial charge in [0.2, 0.25) is 5.91 Å². The highest BCUT2D eigenvalue weighted by Gasteiger charge is 2.09. The molecule has 1 amide bonds. The van der Waals surface area contributed by atoms with Crippen molar-refractivity contribution >= 4 is 12.1 Å². The second kappa shape index (κ2) is 2.31. The van der Waals surface area contributed by atoms with Crippen LogP contribution in [0.15, 0.2) is 29.3 Å². The van der Waals surface area contributed by atoms with Crippen molar-refractivity contribution < 1.29 is 4.79 Å². The minimum Gasteiger partial charge on any atom is -0.272 e. The van der Waals surface area contributed by atoms with Crippen LogP contribution in [0.1, 0.15) is 11.1 Å². The summed E-state index contributed by atoms with van der Waals surface area (Å²) < 4.78 is 0. The zero-order valence-electron chi connectivity index (χ0n) is 5.95. The van der Waals surface area contributed by atoms with Gasteiger partial charge < -0.3 is 0 Å². The molecule has 0 fully saturated rings. The minimum atomic E-state index is -0.0521. The van der Waals surface area contributed by atoms with Crippen molar-refractivity contribution in [2.45, 2.75) is 6.42 Å². The molecule has 0 saturated heterocycles. The molecule has 0 unspecified atom stereocenters. The first kappa shape index (κ1) is 6.28. The fourth-order valence-corrected chi connectivity index (χ4v) is 1.17. The Morgan fingerprint density at radius 1 is 1.27 bits per heavy atom. The van der Waals surface area contributed by atoms with Crippen LogP contribution in [-0.4, -0.2) is 12.1 Å². The number of carbonyl (C=O) groups is 1. The molecule has 1 aromatic carbocycles. The molecule has 1 aromatic rings. The van der Waals surface area contributed by atoms with E-state index in [-0.39, 0.29) is 5.91 Å². The van der Waals surface area contributed by atoms with E-state index in [0.717, 1.165) is 11.1 Å². The lowest BCUT2D eigenvalue weighted by molar-refractivity contribution is -0.117. The van der Waals surface area contributed by atoms with E-state index < -0.39 is 0 Å². The highest BCUT2D eigenvalue weighted by atomic mass is 16.1. The Kier molecular flexibility index (Phi) is 1.32. The molecular formula is C9H7NO. The highest BCUT2D eigenvalue weighted by molar-refractivity contribution is 5.98. The summed E-state index contributed by atoms with van der Waals surface area (Å²) in [6, 6.07) is 7.80. The molecule has 0 N–H and O–H groups in total. The molecule has 0 aliphatic carbocycles. The van der Waals surface area contributed by atoms with Crippen LogP contribution in [-0.2, 0) is 11.2 Å². The van der Waals surface area contributed by atoms with Crippen LogP contribution in [0, 0.1) is 0 Å². The summed E-state index contributed by atoms with van der Waals surface area (Å²) in [4.78, 5) is 14.5. The van der Waals surface area contributed by atoms with Crippen LogP contribution < -0.4 is 0 Å². The molecule has 0 aromatic heterocycles. The Labute approximate surface area is 64.6 Å². The molecule has 2 rings (SSSR count). The quantitative estimate of drug-likeness (QED) is 0.539. The van der Waals surface area contributed by atoms with Crippen LogP contribution in [0.4, 0.5) is 0 Å². The van der Waals surface area contributed by atoms with E-state index in [9.17, 15) is 4.79 Å². The summed E-state index contributed by atoms with van der Waals surface area (Å²) >= 11 is 0. The first-order chi connectivity index (χ1) is 5.36. The predicted octanol–water partition coefficient (Wildman–Crippen LogP) is 1.19. The van der Waals surface area contributed by atoms with Crippen molar-refractivity contribution in [2.24, 2.45) is 4.99 Å². The second-order valence-corrected chi connectivity index (χ2v) is 2.53. The van der Waals surface area contributed by atoms with Crippen LogP contribution >= 0.6 is 0 Å². The smallest absolute Gasteiger partial charge is 0.250 e. The van der Waals surface area contributed by atoms with Gasteiger partial charge in [0.05, 0.1) is 6.42 Å². The van der Waals surface area contributed by atoms with Crippen molar-refractivity contribution in [3.8, 4) is 0 Å². The van der Waals surface area contributed by atoms with Crippen LogP contribution in [0.3, 0.4) is 0 Å². The number of fused-ring (bicyclic) bond motifs is 1. The fraction of sp³-hybridized carbons (Fsp3) is 0.111. The van der Waals surface area contributed by atoms with E-state index in [0.29, 0.717) is 6.42 Å². The number of rotatable bonds is 0. The summed E-state index contributed by atoms with van der Waals surface area (Å²) in [5.74, 6) is -0.0521. The van der Waals surface area contributed by atoms with E-state index >= 15 is 0 Å². The van der Waals surface area contributed by atoms with Crippen LogP contribution in [0.2, 0.25) is 0 Å². The lowest BCUT2D eigenvalue weighted by Crippen LogP contribution is -2.07. The SMILES string of the molecule is O=C1Cc2ccccc2C=N1. The molecule has 0 bridgehead atoms. The van der Waals surface area contributed by atoms with Gasteiger partial charge in [-0.3, -0.25) is 4.79 Å². The average molecular weight is 145 g/mol. The maximum absolute atomic E-state index is 10.8. The lowest BCUT2D eigenvalue weighted by atomic mass is 10.0. The Bertz CT molecular complexity index is 328. The van der Waals surface area contributed by atoms with Crippen molar-refractivity contribution in [3.05, 3.63) is 35.4 Å². The molecule has 2 nitrogen and oxygen atoms in total.